The first-order valence-electron chi connectivity index (χ1n) is 8.30. The molecule has 3 fully saturated rings. The standard InChI is InChI=1S/C18H22N2O3/c1-10-7-12(3-4-13(10)17(22)23-2)18(5-6-18)20-16(21)15-9-11-8-14(11)19-15/h3-4,7,11,14-15,19H,5-6,8-9H2,1-2H3,(H,20,21)/t11?,14?,15-/m1/s1. The minimum Gasteiger partial charge on any atom is -0.465 e. The van der Waals surface area contributed by atoms with E-state index in [4.69, 9.17) is 4.74 Å². The second-order valence-electron chi connectivity index (χ2n) is 7.15. The summed E-state index contributed by atoms with van der Waals surface area (Å²) in [5, 5.41) is 6.64. The number of carbonyl (C=O) groups excluding carboxylic acids is 2. The van der Waals surface area contributed by atoms with Gasteiger partial charge in [0.05, 0.1) is 24.3 Å². The van der Waals surface area contributed by atoms with Crippen LogP contribution in [0.4, 0.5) is 0 Å². The van der Waals surface area contributed by atoms with Crippen LogP contribution in [0.1, 0.15) is 47.2 Å². The van der Waals surface area contributed by atoms with Gasteiger partial charge in [-0.05, 0) is 55.7 Å². The van der Waals surface area contributed by atoms with Gasteiger partial charge in [0.15, 0.2) is 0 Å². The molecule has 2 aliphatic carbocycles. The van der Waals surface area contributed by atoms with E-state index in [9.17, 15) is 9.59 Å². The van der Waals surface area contributed by atoms with Crippen molar-refractivity contribution in [1.82, 2.24) is 10.6 Å². The van der Waals surface area contributed by atoms with Crippen molar-refractivity contribution in [2.24, 2.45) is 5.92 Å². The molecule has 1 aromatic carbocycles. The van der Waals surface area contributed by atoms with Crippen molar-refractivity contribution in [3.05, 3.63) is 34.9 Å². The van der Waals surface area contributed by atoms with Gasteiger partial charge >= 0.3 is 5.97 Å². The van der Waals surface area contributed by atoms with E-state index in [2.05, 4.69) is 10.6 Å². The van der Waals surface area contributed by atoms with Gasteiger partial charge in [-0.3, -0.25) is 4.79 Å². The predicted octanol–water partition coefficient (Wildman–Crippen LogP) is 1.64. The second kappa shape index (κ2) is 5.06. The average Bonchev–Trinajstić information content (AvgIpc) is 3.45. The van der Waals surface area contributed by atoms with Gasteiger partial charge in [0.25, 0.3) is 0 Å². The van der Waals surface area contributed by atoms with Crippen LogP contribution in [0.3, 0.4) is 0 Å². The molecule has 1 heterocycles. The summed E-state index contributed by atoms with van der Waals surface area (Å²) in [7, 11) is 1.39. The summed E-state index contributed by atoms with van der Waals surface area (Å²) in [5.74, 6) is 0.504. The number of aryl methyl sites for hydroxylation is 1. The zero-order valence-corrected chi connectivity index (χ0v) is 13.5. The molecular weight excluding hydrogens is 292 g/mol. The number of esters is 1. The highest BCUT2D eigenvalue weighted by Gasteiger charge is 2.51. The number of methoxy groups -OCH3 is 1. The van der Waals surface area contributed by atoms with Crippen LogP contribution < -0.4 is 10.6 Å². The van der Waals surface area contributed by atoms with Crippen molar-refractivity contribution >= 4 is 11.9 Å². The Morgan fingerprint density at radius 2 is 2.09 bits per heavy atom. The number of ether oxygens (including phenoxy) is 1. The number of amides is 1. The highest BCUT2D eigenvalue weighted by Crippen LogP contribution is 2.47. The first-order valence-corrected chi connectivity index (χ1v) is 8.30. The highest BCUT2D eigenvalue weighted by atomic mass is 16.5. The van der Waals surface area contributed by atoms with Crippen molar-refractivity contribution in [2.45, 2.75) is 50.2 Å². The van der Waals surface area contributed by atoms with Gasteiger partial charge < -0.3 is 15.4 Å². The summed E-state index contributed by atoms with van der Waals surface area (Å²) < 4.78 is 4.79. The molecule has 3 atom stereocenters. The Hall–Kier alpha value is -1.88. The number of hydrogen-bond acceptors (Lipinski definition) is 4. The molecule has 5 nitrogen and oxygen atoms in total. The van der Waals surface area contributed by atoms with Crippen LogP contribution >= 0.6 is 0 Å². The Bertz CT molecular complexity index is 671. The second-order valence-corrected chi connectivity index (χ2v) is 7.15. The SMILES string of the molecule is COC(=O)c1ccc(C2(NC(=O)[C@H]3CC4CC4N3)CC2)cc1C. The molecule has 1 saturated heterocycles. The molecule has 1 aliphatic heterocycles. The quantitative estimate of drug-likeness (QED) is 0.829. The largest absolute Gasteiger partial charge is 0.465 e. The van der Waals surface area contributed by atoms with Crippen molar-refractivity contribution in [3.8, 4) is 0 Å². The number of hydrogen-bond donors (Lipinski definition) is 2. The zero-order valence-electron chi connectivity index (χ0n) is 13.5. The van der Waals surface area contributed by atoms with Gasteiger partial charge in [0.2, 0.25) is 5.91 Å². The van der Waals surface area contributed by atoms with E-state index in [0.717, 1.165) is 30.4 Å². The Labute approximate surface area is 135 Å². The van der Waals surface area contributed by atoms with Crippen molar-refractivity contribution < 1.29 is 14.3 Å². The highest BCUT2D eigenvalue weighted by molar-refractivity contribution is 5.91. The third kappa shape index (κ3) is 2.53. The van der Waals surface area contributed by atoms with Gasteiger partial charge in [-0.1, -0.05) is 12.1 Å². The van der Waals surface area contributed by atoms with Crippen LogP contribution in [0.25, 0.3) is 0 Å². The minimum atomic E-state index is -0.322. The molecule has 0 aromatic heterocycles. The molecule has 2 N–H and O–H groups in total. The zero-order chi connectivity index (χ0) is 16.2. The van der Waals surface area contributed by atoms with E-state index in [-0.39, 0.29) is 23.5 Å². The van der Waals surface area contributed by atoms with Crippen LogP contribution in [-0.4, -0.2) is 31.1 Å². The van der Waals surface area contributed by atoms with E-state index in [1.807, 2.05) is 19.1 Å². The molecule has 4 rings (SSSR count). The summed E-state index contributed by atoms with van der Waals surface area (Å²) in [6.07, 6.45) is 4.10. The number of nitrogens with one attached hydrogen (secondary N) is 2. The summed E-state index contributed by atoms with van der Waals surface area (Å²) in [6, 6.07) is 6.27. The van der Waals surface area contributed by atoms with Crippen molar-refractivity contribution in [1.29, 1.82) is 0 Å². The third-order valence-corrected chi connectivity index (χ3v) is 5.49. The van der Waals surface area contributed by atoms with Crippen LogP contribution in [-0.2, 0) is 15.1 Å². The smallest absolute Gasteiger partial charge is 0.338 e. The molecule has 1 amide bonds. The maximum atomic E-state index is 12.5. The number of rotatable bonds is 4. The fourth-order valence-electron chi connectivity index (χ4n) is 3.76. The molecule has 23 heavy (non-hydrogen) atoms. The van der Waals surface area contributed by atoms with E-state index in [0.29, 0.717) is 17.5 Å². The predicted molar refractivity (Wildman–Crippen MR) is 85.0 cm³/mol. The summed E-state index contributed by atoms with van der Waals surface area (Å²) in [6.45, 7) is 1.90. The van der Waals surface area contributed by atoms with Gasteiger partial charge in [-0.15, -0.1) is 0 Å². The number of benzene rings is 1. The van der Waals surface area contributed by atoms with Crippen LogP contribution in [0.15, 0.2) is 18.2 Å². The lowest BCUT2D eigenvalue weighted by Crippen LogP contribution is -2.46. The van der Waals surface area contributed by atoms with E-state index >= 15 is 0 Å². The molecule has 5 heteroatoms. The number of carbonyl (C=O) groups is 2. The molecule has 2 saturated carbocycles. The summed E-state index contributed by atoms with van der Waals surface area (Å²) in [4.78, 5) is 24.2. The lowest BCUT2D eigenvalue weighted by atomic mass is 9.98. The lowest BCUT2D eigenvalue weighted by Gasteiger charge is -2.22. The number of piperidine rings is 1. The molecule has 0 bridgehead atoms. The van der Waals surface area contributed by atoms with Crippen LogP contribution in [0.2, 0.25) is 0 Å². The Morgan fingerprint density at radius 3 is 2.65 bits per heavy atom. The molecule has 122 valence electrons. The Morgan fingerprint density at radius 1 is 1.30 bits per heavy atom. The fourth-order valence-corrected chi connectivity index (χ4v) is 3.76. The first-order chi connectivity index (χ1) is 11.0. The molecular formula is C18H22N2O3. The van der Waals surface area contributed by atoms with Crippen LogP contribution in [0, 0.1) is 12.8 Å². The molecule has 0 spiro atoms. The average molecular weight is 314 g/mol. The fraction of sp³-hybridized carbons (Fsp3) is 0.556. The van der Waals surface area contributed by atoms with E-state index in [1.54, 1.807) is 6.07 Å². The lowest BCUT2D eigenvalue weighted by molar-refractivity contribution is -0.124. The third-order valence-electron chi connectivity index (χ3n) is 5.49. The van der Waals surface area contributed by atoms with E-state index < -0.39 is 0 Å². The summed E-state index contributed by atoms with van der Waals surface area (Å²) >= 11 is 0. The monoisotopic (exact) mass is 314 g/mol. The Kier molecular flexibility index (Phi) is 3.23. The van der Waals surface area contributed by atoms with E-state index in [1.165, 1.54) is 13.5 Å². The first kappa shape index (κ1) is 14.7. The molecule has 3 aliphatic rings. The van der Waals surface area contributed by atoms with Crippen molar-refractivity contribution in [2.75, 3.05) is 7.11 Å². The molecule has 0 radical (unpaired) electrons. The van der Waals surface area contributed by atoms with Gasteiger partial charge in [0, 0.05) is 6.04 Å². The maximum absolute atomic E-state index is 12.5. The maximum Gasteiger partial charge on any atom is 0.338 e. The summed E-state index contributed by atoms with van der Waals surface area (Å²) in [5.41, 5.74) is 2.30. The number of fused-ring (bicyclic) bond motifs is 1. The van der Waals surface area contributed by atoms with Gasteiger partial charge in [-0.25, -0.2) is 4.79 Å². The topological polar surface area (TPSA) is 67.4 Å². The normalized spacial score (nSPS) is 29.6. The van der Waals surface area contributed by atoms with Gasteiger partial charge in [-0.2, -0.15) is 0 Å². The molecule has 1 aromatic rings. The van der Waals surface area contributed by atoms with Crippen LogP contribution in [0.5, 0.6) is 0 Å². The minimum absolute atomic E-state index is 0.0355. The molecule has 2 unspecified atom stereocenters. The van der Waals surface area contributed by atoms with Crippen molar-refractivity contribution in [3.63, 3.8) is 0 Å². The van der Waals surface area contributed by atoms with Gasteiger partial charge in [0.1, 0.15) is 0 Å². The Balaban J connectivity index is 1.49.